The van der Waals surface area contributed by atoms with E-state index in [4.69, 9.17) is 18.9 Å². The number of unbranched alkanes of at least 4 members (excludes halogenated alkanes) is 9. The van der Waals surface area contributed by atoms with Crippen LogP contribution in [-0.2, 0) is 43.3 Å². The zero-order valence-corrected chi connectivity index (χ0v) is 28.6. The Labute approximate surface area is 277 Å². The third-order valence-electron chi connectivity index (χ3n) is 8.70. The molecule has 1 saturated heterocycles. The van der Waals surface area contributed by atoms with Crippen molar-refractivity contribution in [3.8, 4) is 0 Å². The molecule has 3 aromatic rings. The first-order valence-electron chi connectivity index (χ1n) is 17.4. The minimum Gasteiger partial charge on any atom is -0.374 e. The molecular formula is C39H55O6P. The van der Waals surface area contributed by atoms with Gasteiger partial charge >= 0.3 is 0 Å². The van der Waals surface area contributed by atoms with Gasteiger partial charge in [-0.25, -0.2) is 0 Å². The lowest BCUT2D eigenvalue weighted by atomic mass is 10.1. The average molecular weight is 651 g/mol. The number of benzene rings is 3. The summed E-state index contributed by atoms with van der Waals surface area (Å²) in [5.41, 5.74) is 3.15. The van der Waals surface area contributed by atoms with Crippen molar-refractivity contribution < 1.29 is 28.4 Å². The Hall–Kier alpha value is -2.31. The SMILES string of the molecule is CCCCCCCCCCCCP(=O)(O)C[C@@H]1O[C@H](COCc2ccccc2)[C@@H](OCc2ccccc2)[C@@H]1OCc1ccccc1. The van der Waals surface area contributed by atoms with Gasteiger partial charge in [0.25, 0.3) is 0 Å². The Kier molecular flexibility index (Phi) is 16.5. The lowest BCUT2D eigenvalue weighted by Crippen LogP contribution is -2.40. The highest BCUT2D eigenvalue weighted by Gasteiger charge is 2.48. The van der Waals surface area contributed by atoms with Crippen molar-refractivity contribution >= 4 is 7.37 Å². The second-order valence-corrected chi connectivity index (χ2v) is 15.2. The minimum atomic E-state index is -3.45. The highest BCUT2D eigenvalue weighted by Crippen LogP contribution is 2.46. The zero-order valence-electron chi connectivity index (χ0n) is 27.7. The molecule has 1 N–H and O–H groups in total. The topological polar surface area (TPSA) is 74.2 Å². The first-order valence-corrected chi connectivity index (χ1v) is 19.5. The fourth-order valence-electron chi connectivity index (χ4n) is 6.11. The lowest BCUT2D eigenvalue weighted by molar-refractivity contribution is -0.0897. The van der Waals surface area contributed by atoms with E-state index in [1.807, 2.05) is 91.0 Å². The number of hydrogen-bond donors (Lipinski definition) is 1. The van der Waals surface area contributed by atoms with Crippen molar-refractivity contribution in [2.24, 2.45) is 0 Å². The standard InChI is InChI=1S/C39H55O6P/c1-2-3-4-5-6-7-8-9-10-20-27-46(40,41)32-37-39(44-30-35-25-18-13-19-26-35)38(43-29-34-23-16-12-17-24-34)36(45-37)31-42-28-33-21-14-11-15-22-33/h11-19,21-26,36-39H,2-10,20,27-32H2,1H3,(H,40,41)/t36-,37+,38-,39-/m1/s1. The van der Waals surface area contributed by atoms with Gasteiger partial charge in [-0.15, -0.1) is 0 Å². The summed E-state index contributed by atoms with van der Waals surface area (Å²) >= 11 is 0. The van der Waals surface area contributed by atoms with Gasteiger partial charge in [-0.2, -0.15) is 0 Å². The summed E-state index contributed by atoms with van der Waals surface area (Å²) < 4.78 is 39.2. The molecule has 0 saturated carbocycles. The first kappa shape index (κ1) is 36.5. The second kappa shape index (κ2) is 20.8. The molecular weight excluding hydrogens is 595 g/mol. The molecule has 0 spiro atoms. The molecule has 1 aliphatic heterocycles. The van der Waals surface area contributed by atoms with Crippen molar-refractivity contribution in [2.75, 3.05) is 18.9 Å². The van der Waals surface area contributed by atoms with Crippen molar-refractivity contribution in [2.45, 2.75) is 115 Å². The van der Waals surface area contributed by atoms with E-state index < -0.39 is 31.8 Å². The smallest absolute Gasteiger partial charge is 0.203 e. The van der Waals surface area contributed by atoms with E-state index in [0.29, 0.717) is 32.6 Å². The molecule has 3 aromatic carbocycles. The normalized spacial score (nSPS) is 20.9. The fraction of sp³-hybridized carbons (Fsp3) is 0.538. The van der Waals surface area contributed by atoms with Crippen LogP contribution in [0, 0.1) is 0 Å². The molecule has 252 valence electrons. The van der Waals surface area contributed by atoms with Gasteiger partial charge in [-0.3, -0.25) is 4.57 Å². The highest BCUT2D eigenvalue weighted by molar-refractivity contribution is 7.58. The molecule has 0 amide bonds. The summed E-state index contributed by atoms with van der Waals surface area (Å²) in [6, 6.07) is 30.1. The molecule has 1 fully saturated rings. The van der Waals surface area contributed by atoms with E-state index in [0.717, 1.165) is 36.0 Å². The predicted molar refractivity (Wildman–Crippen MR) is 186 cm³/mol. The van der Waals surface area contributed by atoms with Gasteiger partial charge in [0, 0.05) is 6.16 Å². The maximum absolute atomic E-state index is 13.6. The van der Waals surface area contributed by atoms with Gasteiger partial charge < -0.3 is 23.8 Å². The van der Waals surface area contributed by atoms with Crippen molar-refractivity contribution in [3.63, 3.8) is 0 Å². The number of hydrogen-bond acceptors (Lipinski definition) is 5. The molecule has 0 radical (unpaired) electrons. The molecule has 6 nitrogen and oxygen atoms in total. The van der Waals surface area contributed by atoms with Crippen LogP contribution >= 0.6 is 7.37 Å². The maximum atomic E-state index is 13.6. The largest absolute Gasteiger partial charge is 0.374 e. The van der Waals surface area contributed by atoms with Gasteiger partial charge in [0.1, 0.15) is 18.3 Å². The quantitative estimate of drug-likeness (QED) is 0.0815. The minimum absolute atomic E-state index is 0.0459. The molecule has 5 atom stereocenters. The summed E-state index contributed by atoms with van der Waals surface area (Å²) in [6.45, 7) is 3.74. The monoisotopic (exact) mass is 650 g/mol. The lowest BCUT2D eigenvalue weighted by Gasteiger charge is -2.26. The van der Waals surface area contributed by atoms with E-state index in [9.17, 15) is 9.46 Å². The molecule has 0 aliphatic carbocycles. The number of rotatable bonds is 23. The summed E-state index contributed by atoms with van der Waals surface area (Å²) in [6.07, 6.45) is 10.2. The first-order chi connectivity index (χ1) is 22.5. The highest BCUT2D eigenvalue weighted by atomic mass is 31.2. The number of ether oxygens (including phenoxy) is 4. The van der Waals surface area contributed by atoms with E-state index in [2.05, 4.69) is 6.92 Å². The van der Waals surface area contributed by atoms with Crippen LogP contribution in [0.15, 0.2) is 91.0 Å². The molecule has 1 unspecified atom stereocenters. The van der Waals surface area contributed by atoms with Gasteiger partial charge in [0.2, 0.25) is 7.37 Å². The third-order valence-corrected chi connectivity index (χ3v) is 10.6. The Balaban J connectivity index is 1.37. The van der Waals surface area contributed by atoms with Crippen molar-refractivity contribution in [1.82, 2.24) is 0 Å². The zero-order chi connectivity index (χ0) is 32.3. The molecule has 0 bridgehead atoms. The summed E-state index contributed by atoms with van der Waals surface area (Å²) in [5.74, 6) is 0. The van der Waals surface area contributed by atoms with E-state index in [1.165, 1.54) is 44.9 Å². The molecule has 4 rings (SSSR count). The van der Waals surface area contributed by atoms with E-state index in [1.54, 1.807) is 0 Å². The molecule has 1 aliphatic rings. The maximum Gasteiger partial charge on any atom is 0.203 e. The van der Waals surface area contributed by atoms with E-state index in [-0.39, 0.29) is 6.16 Å². The van der Waals surface area contributed by atoms with Crippen LogP contribution in [0.1, 0.15) is 87.8 Å². The van der Waals surface area contributed by atoms with Gasteiger partial charge in [-0.1, -0.05) is 156 Å². The van der Waals surface area contributed by atoms with Crippen LogP contribution < -0.4 is 0 Å². The fourth-order valence-corrected chi connectivity index (χ4v) is 7.86. The summed E-state index contributed by atoms with van der Waals surface area (Å²) in [5, 5.41) is 0. The second-order valence-electron chi connectivity index (χ2n) is 12.7. The summed E-state index contributed by atoms with van der Waals surface area (Å²) in [4.78, 5) is 11.2. The Morgan fingerprint density at radius 1 is 0.609 bits per heavy atom. The van der Waals surface area contributed by atoms with Crippen LogP contribution in [-0.4, -0.2) is 48.2 Å². The third kappa shape index (κ3) is 13.4. The Morgan fingerprint density at radius 2 is 1.04 bits per heavy atom. The van der Waals surface area contributed by atoms with Crippen LogP contribution in [0.3, 0.4) is 0 Å². The average Bonchev–Trinajstić information content (AvgIpc) is 3.39. The molecule has 0 aromatic heterocycles. The van der Waals surface area contributed by atoms with Gasteiger partial charge in [0.05, 0.1) is 38.7 Å². The van der Waals surface area contributed by atoms with Crippen molar-refractivity contribution in [1.29, 1.82) is 0 Å². The van der Waals surface area contributed by atoms with Gasteiger partial charge in [-0.05, 0) is 23.1 Å². The van der Waals surface area contributed by atoms with Crippen molar-refractivity contribution in [3.05, 3.63) is 108 Å². The van der Waals surface area contributed by atoms with Crippen LogP contribution in [0.5, 0.6) is 0 Å². The Bertz CT molecular complexity index is 1240. The van der Waals surface area contributed by atoms with Gasteiger partial charge in [0.15, 0.2) is 0 Å². The molecule has 46 heavy (non-hydrogen) atoms. The van der Waals surface area contributed by atoms with Crippen LogP contribution in [0.4, 0.5) is 0 Å². The molecule has 7 heteroatoms. The molecule has 1 heterocycles. The van der Waals surface area contributed by atoms with E-state index >= 15 is 0 Å². The summed E-state index contributed by atoms with van der Waals surface area (Å²) in [7, 11) is -3.45. The van der Waals surface area contributed by atoms with Crippen LogP contribution in [0.25, 0.3) is 0 Å². The Morgan fingerprint density at radius 3 is 1.54 bits per heavy atom. The van der Waals surface area contributed by atoms with Crippen LogP contribution in [0.2, 0.25) is 0 Å². The predicted octanol–water partition coefficient (Wildman–Crippen LogP) is 9.33.